The third kappa shape index (κ3) is 3.91. The molecule has 3 nitrogen and oxygen atoms in total. The first-order valence-corrected chi connectivity index (χ1v) is 7.70. The van der Waals surface area contributed by atoms with Crippen LogP contribution in [0.3, 0.4) is 0 Å². The van der Waals surface area contributed by atoms with Gasteiger partial charge < -0.3 is 10.2 Å². The Bertz CT molecular complexity index is 516. The second-order valence-electron chi connectivity index (χ2n) is 5.90. The minimum Gasteiger partial charge on any atom is -0.335 e. The van der Waals surface area contributed by atoms with Crippen LogP contribution in [0.5, 0.6) is 0 Å². The largest absolute Gasteiger partial charge is 0.335 e. The monoisotopic (exact) mass is 288 g/mol. The number of benzene rings is 1. The van der Waals surface area contributed by atoms with Gasteiger partial charge in [0.15, 0.2) is 0 Å². The molecule has 1 amide bonds. The zero-order valence-electron chi connectivity index (χ0n) is 12.1. The van der Waals surface area contributed by atoms with Gasteiger partial charge in [0.05, 0.1) is 0 Å². The number of hydrogen-bond acceptors (Lipinski definition) is 2. The average Bonchev–Trinajstić information content (AvgIpc) is 3.20. The van der Waals surface area contributed by atoms with Crippen molar-refractivity contribution in [3.05, 3.63) is 41.7 Å². The van der Waals surface area contributed by atoms with Gasteiger partial charge in [-0.15, -0.1) is 0 Å². The summed E-state index contributed by atoms with van der Waals surface area (Å²) in [7, 11) is 0. The zero-order chi connectivity index (χ0) is 14.7. The van der Waals surface area contributed by atoms with Crippen LogP contribution in [0.15, 0.2) is 30.3 Å². The van der Waals surface area contributed by atoms with Crippen LogP contribution in [0, 0.1) is 5.82 Å². The van der Waals surface area contributed by atoms with Gasteiger partial charge in [0.2, 0.25) is 5.91 Å². The molecule has 0 spiro atoms. The van der Waals surface area contributed by atoms with E-state index in [1.165, 1.54) is 18.6 Å². The Morgan fingerprint density at radius 3 is 2.67 bits per heavy atom. The smallest absolute Gasteiger partial charge is 0.246 e. The molecule has 1 aliphatic carbocycles. The topological polar surface area (TPSA) is 32.3 Å². The summed E-state index contributed by atoms with van der Waals surface area (Å²) in [5.41, 5.74) is 0.847. The minimum atomic E-state index is -0.259. The first kappa shape index (κ1) is 14.3. The van der Waals surface area contributed by atoms with E-state index in [1.807, 2.05) is 4.90 Å². The molecule has 1 aliphatic heterocycles. The van der Waals surface area contributed by atoms with Gasteiger partial charge in [0, 0.05) is 24.7 Å². The SMILES string of the molecule is O=C(/C=C/c1ccc(F)cc1)N(CC1CCCN1)C1CC1. The van der Waals surface area contributed by atoms with Gasteiger partial charge >= 0.3 is 0 Å². The summed E-state index contributed by atoms with van der Waals surface area (Å²) in [6, 6.07) is 7.03. The maximum absolute atomic E-state index is 12.8. The molecular weight excluding hydrogens is 267 g/mol. The van der Waals surface area contributed by atoms with Crippen molar-refractivity contribution in [2.24, 2.45) is 0 Å². The van der Waals surface area contributed by atoms with Crippen LogP contribution in [0.1, 0.15) is 31.2 Å². The molecule has 1 unspecified atom stereocenters. The molecule has 112 valence electrons. The van der Waals surface area contributed by atoms with Crippen molar-refractivity contribution in [3.63, 3.8) is 0 Å². The van der Waals surface area contributed by atoms with E-state index < -0.39 is 0 Å². The van der Waals surface area contributed by atoms with E-state index in [0.717, 1.165) is 37.9 Å². The van der Waals surface area contributed by atoms with Crippen LogP contribution in [0.2, 0.25) is 0 Å². The Balaban J connectivity index is 1.62. The molecule has 0 bridgehead atoms. The predicted octanol–water partition coefficient (Wildman–Crippen LogP) is 2.58. The van der Waals surface area contributed by atoms with Gasteiger partial charge in [-0.05, 0) is 56.0 Å². The summed E-state index contributed by atoms with van der Waals surface area (Å²) in [6.45, 7) is 1.86. The van der Waals surface area contributed by atoms with Crippen molar-refractivity contribution < 1.29 is 9.18 Å². The summed E-state index contributed by atoms with van der Waals surface area (Å²) in [6.07, 6.45) is 7.95. The van der Waals surface area contributed by atoms with Gasteiger partial charge in [-0.2, -0.15) is 0 Å². The first-order valence-electron chi connectivity index (χ1n) is 7.70. The van der Waals surface area contributed by atoms with Crippen molar-refractivity contribution >= 4 is 12.0 Å². The van der Waals surface area contributed by atoms with E-state index in [-0.39, 0.29) is 11.7 Å². The van der Waals surface area contributed by atoms with E-state index >= 15 is 0 Å². The Morgan fingerprint density at radius 2 is 2.05 bits per heavy atom. The van der Waals surface area contributed by atoms with Gasteiger partial charge in [0.1, 0.15) is 5.82 Å². The number of carbonyl (C=O) groups excluding carboxylic acids is 1. The van der Waals surface area contributed by atoms with Crippen LogP contribution in [0.4, 0.5) is 4.39 Å². The molecule has 1 saturated carbocycles. The fourth-order valence-electron chi connectivity index (χ4n) is 2.79. The van der Waals surface area contributed by atoms with E-state index in [9.17, 15) is 9.18 Å². The lowest BCUT2D eigenvalue weighted by molar-refractivity contribution is -0.126. The van der Waals surface area contributed by atoms with Crippen LogP contribution in [0.25, 0.3) is 6.08 Å². The first-order chi connectivity index (χ1) is 10.2. The minimum absolute atomic E-state index is 0.0653. The van der Waals surface area contributed by atoms with Gasteiger partial charge in [-0.3, -0.25) is 4.79 Å². The maximum Gasteiger partial charge on any atom is 0.246 e. The maximum atomic E-state index is 12.8. The highest BCUT2D eigenvalue weighted by atomic mass is 19.1. The highest BCUT2D eigenvalue weighted by molar-refractivity contribution is 5.92. The zero-order valence-corrected chi connectivity index (χ0v) is 12.1. The molecule has 1 N–H and O–H groups in total. The van der Waals surface area contributed by atoms with Gasteiger partial charge in [-0.25, -0.2) is 4.39 Å². The quantitative estimate of drug-likeness (QED) is 0.845. The number of nitrogens with one attached hydrogen (secondary N) is 1. The summed E-state index contributed by atoms with van der Waals surface area (Å²) >= 11 is 0. The molecule has 0 radical (unpaired) electrons. The fraction of sp³-hybridized carbons (Fsp3) is 0.471. The third-order valence-electron chi connectivity index (χ3n) is 4.14. The van der Waals surface area contributed by atoms with Gasteiger partial charge in [0.25, 0.3) is 0 Å². The molecule has 1 heterocycles. The number of amides is 1. The van der Waals surface area contributed by atoms with Crippen LogP contribution >= 0.6 is 0 Å². The molecule has 3 rings (SSSR count). The summed E-state index contributed by atoms with van der Waals surface area (Å²) in [5, 5.41) is 3.44. The lowest BCUT2D eigenvalue weighted by atomic mass is 10.2. The summed E-state index contributed by atoms with van der Waals surface area (Å²) in [5.74, 6) is -0.194. The van der Waals surface area contributed by atoms with Crippen molar-refractivity contribution in [2.45, 2.75) is 37.8 Å². The third-order valence-corrected chi connectivity index (χ3v) is 4.14. The van der Waals surface area contributed by atoms with E-state index in [0.29, 0.717) is 12.1 Å². The molecule has 1 aromatic rings. The van der Waals surface area contributed by atoms with Crippen LogP contribution in [-0.4, -0.2) is 36.0 Å². The average molecular weight is 288 g/mol. The number of hydrogen-bond donors (Lipinski definition) is 1. The second kappa shape index (κ2) is 6.39. The summed E-state index contributed by atoms with van der Waals surface area (Å²) in [4.78, 5) is 14.4. The molecule has 2 aliphatic rings. The van der Waals surface area contributed by atoms with Gasteiger partial charge in [-0.1, -0.05) is 12.1 Å². The van der Waals surface area contributed by atoms with Crippen molar-refractivity contribution in [1.29, 1.82) is 0 Å². The Kier molecular flexibility index (Phi) is 4.34. The van der Waals surface area contributed by atoms with E-state index in [4.69, 9.17) is 0 Å². The van der Waals surface area contributed by atoms with E-state index in [2.05, 4.69) is 5.32 Å². The highest BCUT2D eigenvalue weighted by Gasteiger charge is 2.33. The van der Waals surface area contributed by atoms with E-state index in [1.54, 1.807) is 24.3 Å². The van der Waals surface area contributed by atoms with Crippen molar-refractivity contribution in [1.82, 2.24) is 10.2 Å². The number of halogens is 1. The Labute approximate surface area is 124 Å². The molecule has 1 saturated heterocycles. The van der Waals surface area contributed by atoms with Crippen LogP contribution < -0.4 is 5.32 Å². The number of carbonyl (C=O) groups is 1. The fourth-order valence-corrected chi connectivity index (χ4v) is 2.79. The molecule has 0 aromatic heterocycles. The van der Waals surface area contributed by atoms with Crippen LogP contribution in [-0.2, 0) is 4.79 Å². The molecule has 4 heteroatoms. The van der Waals surface area contributed by atoms with Crippen molar-refractivity contribution in [3.8, 4) is 0 Å². The standard InChI is InChI=1S/C17H21FN2O/c18-14-6-3-13(4-7-14)5-10-17(21)20(16-8-9-16)12-15-2-1-11-19-15/h3-7,10,15-16,19H,1-2,8-9,11-12H2/b10-5+. The molecule has 2 fully saturated rings. The Morgan fingerprint density at radius 1 is 1.29 bits per heavy atom. The molecular formula is C17H21FN2O. The lowest BCUT2D eigenvalue weighted by Gasteiger charge is -2.24. The molecule has 21 heavy (non-hydrogen) atoms. The highest BCUT2D eigenvalue weighted by Crippen LogP contribution is 2.28. The predicted molar refractivity (Wildman–Crippen MR) is 81.2 cm³/mol. The second-order valence-corrected chi connectivity index (χ2v) is 5.90. The lowest BCUT2D eigenvalue weighted by Crippen LogP contribution is -2.41. The normalized spacial score (nSPS) is 21.9. The number of nitrogens with zero attached hydrogens (tertiary/aromatic N) is 1. The molecule has 1 aromatic carbocycles. The Hall–Kier alpha value is -1.68. The van der Waals surface area contributed by atoms with Crippen molar-refractivity contribution in [2.75, 3.05) is 13.1 Å². The molecule has 1 atom stereocenters. The number of rotatable bonds is 5. The summed E-state index contributed by atoms with van der Waals surface area (Å²) < 4.78 is 12.8.